The Labute approximate surface area is 84.9 Å². The van der Waals surface area contributed by atoms with Crippen molar-refractivity contribution < 1.29 is 0 Å². The fourth-order valence-electron chi connectivity index (χ4n) is 1.57. The van der Waals surface area contributed by atoms with Crippen molar-refractivity contribution in [2.45, 2.75) is 32.7 Å². The molecule has 0 heterocycles. The SMILES string of the molecule is CCC[C@H](N)c1c(C)cccc1Cl. The lowest BCUT2D eigenvalue weighted by Crippen LogP contribution is -2.11. The monoisotopic (exact) mass is 197 g/mol. The van der Waals surface area contributed by atoms with Crippen LogP contribution in [0.4, 0.5) is 0 Å². The summed E-state index contributed by atoms with van der Waals surface area (Å²) >= 11 is 6.08. The second-order valence-electron chi connectivity index (χ2n) is 3.37. The lowest BCUT2D eigenvalue weighted by Gasteiger charge is -2.15. The molecule has 2 heteroatoms. The van der Waals surface area contributed by atoms with Crippen molar-refractivity contribution in [3.8, 4) is 0 Å². The predicted molar refractivity (Wildman–Crippen MR) is 58.0 cm³/mol. The molecule has 2 N–H and O–H groups in total. The molecular formula is C11H16ClN. The van der Waals surface area contributed by atoms with Gasteiger partial charge in [-0.15, -0.1) is 0 Å². The summed E-state index contributed by atoms with van der Waals surface area (Å²) in [7, 11) is 0. The predicted octanol–water partition coefficient (Wildman–Crippen LogP) is 3.45. The van der Waals surface area contributed by atoms with Crippen molar-refractivity contribution in [1.82, 2.24) is 0 Å². The zero-order valence-corrected chi connectivity index (χ0v) is 8.93. The quantitative estimate of drug-likeness (QED) is 0.790. The first-order valence-electron chi connectivity index (χ1n) is 4.67. The van der Waals surface area contributed by atoms with Crippen LogP contribution in [0.2, 0.25) is 5.02 Å². The molecule has 13 heavy (non-hydrogen) atoms. The fraction of sp³-hybridized carbons (Fsp3) is 0.455. The van der Waals surface area contributed by atoms with E-state index in [4.69, 9.17) is 17.3 Å². The Hall–Kier alpha value is -0.530. The molecule has 1 atom stereocenters. The fourth-order valence-corrected chi connectivity index (χ4v) is 1.93. The van der Waals surface area contributed by atoms with Crippen molar-refractivity contribution >= 4 is 11.6 Å². The Morgan fingerprint density at radius 1 is 1.46 bits per heavy atom. The van der Waals surface area contributed by atoms with Crippen LogP contribution in [0.15, 0.2) is 18.2 Å². The maximum atomic E-state index is 6.08. The Morgan fingerprint density at radius 2 is 2.15 bits per heavy atom. The Kier molecular flexibility index (Phi) is 3.76. The van der Waals surface area contributed by atoms with E-state index in [-0.39, 0.29) is 6.04 Å². The van der Waals surface area contributed by atoms with Gasteiger partial charge in [0.1, 0.15) is 0 Å². The third-order valence-corrected chi connectivity index (χ3v) is 2.57. The summed E-state index contributed by atoms with van der Waals surface area (Å²) < 4.78 is 0. The van der Waals surface area contributed by atoms with E-state index in [0.717, 1.165) is 23.4 Å². The van der Waals surface area contributed by atoms with Gasteiger partial charge in [0.25, 0.3) is 0 Å². The van der Waals surface area contributed by atoms with Crippen LogP contribution in [0.5, 0.6) is 0 Å². The summed E-state index contributed by atoms with van der Waals surface area (Å²) in [6, 6.07) is 5.99. The first-order valence-corrected chi connectivity index (χ1v) is 5.05. The number of hydrogen-bond acceptors (Lipinski definition) is 1. The molecule has 0 aliphatic carbocycles. The highest BCUT2D eigenvalue weighted by Gasteiger charge is 2.11. The average molecular weight is 198 g/mol. The van der Waals surface area contributed by atoms with Crippen molar-refractivity contribution in [3.63, 3.8) is 0 Å². The van der Waals surface area contributed by atoms with Gasteiger partial charge in [-0.2, -0.15) is 0 Å². The van der Waals surface area contributed by atoms with Gasteiger partial charge in [-0.05, 0) is 30.5 Å². The first kappa shape index (κ1) is 10.6. The molecule has 0 saturated heterocycles. The summed E-state index contributed by atoms with van der Waals surface area (Å²) in [5.41, 5.74) is 8.31. The lowest BCUT2D eigenvalue weighted by atomic mass is 9.98. The van der Waals surface area contributed by atoms with Gasteiger partial charge in [0.2, 0.25) is 0 Å². The average Bonchev–Trinajstić information content (AvgIpc) is 2.04. The number of rotatable bonds is 3. The van der Waals surface area contributed by atoms with Gasteiger partial charge in [-0.25, -0.2) is 0 Å². The lowest BCUT2D eigenvalue weighted by molar-refractivity contribution is 0.635. The van der Waals surface area contributed by atoms with E-state index in [1.54, 1.807) is 0 Å². The summed E-state index contributed by atoms with van der Waals surface area (Å²) in [5, 5.41) is 0.793. The Morgan fingerprint density at radius 3 is 2.69 bits per heavy atom. The molecule has 0 aromatic heterocycles. The third kappa shape index (κ3) is 2.45. The summed E-state index contributed by atoms with van der Waals surface area (Å²) in [6.45, 7) is 4.18. The molecule has 0 saturated carbocycles. The highest BCUT2D eigenvalue weighted by molar-refractivity contribution is 6.31. The van der Waals surface area contributed by atoms with E-state index in [9.17, 15) is 0 Å². The molecular weight excluding hydrogens is 182 g/mol. The Bertz CT molecular complexity index is 263. The maximum Gasteiger partial charge on any atom is 0.0456 e. The van der Waals surface area contributed by atoms with Gasteiger partial charge < -0.3 is 5.73 Å². The van der Waals surface area contributed by atoms with Crippen molar-refractivity contribution in [1.29, 1.82) is 0 Å². The van der Waals surface area contributed by atoms with E-state index >= 15 is 0 Å². The minimum Gasteiger partial charge on any atom is -0.324 e. The Balaban J connectivity index is 2.98. The molecule has 0 spiro atoms. The van der Waals surface area contributed by atoms with Crippen LogP contribution in [0.25, 0.3) is 0 Å². The minimum absolute atomic E-state index is 0.0821. The molecule has 0 aliphatic rings. The molecule has 1 aromatic rings. The van der Waals surface area contributed by atoms with Crippen LogP contribution in [0.1, 0.15) is 36.9 Å². The normalized spacial score (nSPS) is 12.9. The molecule has 1 aromatic carbocycles. The molecule has 72 valence electrons. The number of hydrogen-bond donors (Lipinski definition) is 1. The van der Waals surface area contributed by atoms with Gasteiger partial charge in [0, 0.05) is 11.1 Å². The molecule has 0 radical (unpaired) electrons. The minimum atomic E-state index is 0.0821. The topological polar surface area (TPSA) is 26.0 Å². The van der Waals surface area contributed by atoms with Crippen molar-refractivity contribution in [3.05, 3.63) is 34.3 Å². The molecule has 0 fully saturated rings. The molecule has 0 bridgehead atoms. The van der Waals surface area contributed by atoms with Gasteiger partial charge >= 0.3 is 0 Å². The summed E-state index contributed by atoms with van der Waals surface area (Å²) in [4.78, 5) is 0. The summed E-state index contributed by atoms with van der Waals surface area (Å²) in [5.74, 6) is 0. The van der Waals surface area contributed by atoms with Crippen molar-refractivity contribution in [2.75, 3.05) is 0 Å². The van der Waals surface area contributed by atoms with E-state index in [0.29, 0.717) is 0 Å². The van der Waals surface area contributed by atoms with E-state index < -0.39 is 0 Å². The number of benzene rings is 1. The second-order valence-corrected chi connectivity index (χ2v) is 3.77. The van der Waals surface area contributed by atoms with Gasteiger partial charge in [-0.1, -0.05) is 37.1 Å². The molecule has 1 nitrogen and oxygen atoms in total. The smallest absolute Gasteiger partial charge is 0.0456 e. The standard InChI is InChI=1S/C11H16ClN/c1-3-5-10(13)11-8(2)6-4-7-9(11)12/h4,6-7,10H,3,5,13H2,1-2H3/t10-/m0/s1. The van der Waals surface area contributed by atoms with E-state index in [1.807, 2.05) is 12.1 Å². The largest absolute Gasteiger partial charge is 0.324 e. The van der Waals surface area contributed by atoms with Gasteiger partial charge in [-0.3, -0.25) is 0 Å². The van der Waals surface area contributed by atoms with Crippen molar-refractivity contribution in [2.24, 2.45) is 5.73 Å². The number of aryl methyl sites for hydroxylation is 1. The second kappa shape index (κ2) is 4.64. The van der Waals surface area contributed by atoms with Gasteiger partial charge in [0.15, 0.2) is 0 Å². The van der Waals surface area contributed by atoms with Crippen LogP contribution < -0.4 is 5.73 Å². The molecule has 0 unspecified atom stereocenters. The number of halogens is 1. The van der Waals surface area contributed by atoms with Crippen LogP contribution in [0, 0.1) is 6.92 Å². The molecule has 1 rings (SSSR count). The number of nitrogens with two attached hydrogens (primary N) is 1. The molecule has 0 aliphatic heterocycles. The van der Waals surface area contributed by atoms with Crippen LogP contribution in [-0.4, -0.2) is 0 Å². The van der Waals surface area contributed by atoms with Crippen LogP contribution in [-0.2, 0) is 0 Å². The highest BCUT2D eigenvalue weighted by Crippen LogP contribution is 2.27. The van der Waals surface area contributed by atoms with E-state index in [2.05, 4.69) is 19.9 Å². The van der Waals surface area contributed by atoms with Crippen LogP contribution >= 0.6 is 11.6 Å². The third-order valence-electron chi connectivity index (χ3n) is 2.24. The molecule has 0 amide bonds. The first-order chi connectivity index (χ1) is 6.16. The summed E-state index contributed by atoms with van der Waals surface area (Å²) in [6.07, 6.45) is 2.08. The highest BCUT2D eigenvalue weighted by atomic mass is 35.5. The zero-order chi connectivity index (χ0) is 9.84. The van der Waals surface area contributed by atoms with E-state index in [1.165, 1.54) is 5.56 Å². The maximum absolute atomic E-state index is 6.08. The zero-order valence-electron chi connectivity index (χ0n) is 8.18. The van der Waals surface area contributed by atoms with Gasteiger partial charge in [0.05, 0.1) is 0 Å². The van der Waals surface area contributed by atoms with Crippen LogP contribution in [0.3, 0.4) is 0 Å².